The molecule has 0 aliphatic carbocycles. The summed E-state index contributed by atoms with van der Waals surface area (Å²) in [7, 11) is 0. The van der Waals surface area contributed by atoms with Gasteiger partial charge in [-0.15, -0.1) is 0 Å². The quantitative estimate of drug-likeness (QED) is 0.856. The van der Waals surface area contributed by atoms with Crippen LogP contribution in [0.5, 0.6) is 0 Å². The summed E-state index contributed by atoms with van der Waals surface area (Å²) in [4.78, 5) is 0. The second-order valence-corrected chi connectivity index (χ2v) is 6.85. The summed E-state index contributed by atoms with van der Waals surface area (Å²) in [6.45, 7) is 8.88. The first-order valence-electron chi connectivity index (χ1n) is 7.84. The highest BCUT2D eigenvalue weighted by Gasteiger charge is 2.14. The van der Waals surface area contributed by atoms with Crippen molar-refractivity contribution in [1.29, 1.82) is 0 Å². The number of benzene rings is 2. The molecule has 0 amide bonds. The third-order valence-corrected chi connectivity index (χ3v) is 4.09. The fraction of sp³-hybridized carbons (Fsp3) is 0.400. The molecule has 0 aliphatic heterocycles. The number of aryl methyl sites for hydroxylation is 1. The van der Waals surface area contributed by atoms with Gasteiger partial charge >= 0.3 is 0 Å². The van der Waals surface area contributed by atoms with E-state index in [0.29, 0.717) is 0 Å². The summed E-state index contributed by atoms with van der Waals surface area (Å²) in [6.07, 6.45) is 1.97. The minimum absolute atomic E-state index is 0.0616. The zero-order chi connectivity index (χ0) is 15.5. The van der Waals surface area contributed by atoms with Crippen LogP contribution in [0.25, 0.3) is 0 Å². The van der Waals surface area contributed by atoms with E-state index < -0.39 is 0 Å². The largest absolute Gasteiger partial charge is 0.324 e. The van der Waals surface area contributed by atoms with Gasteiger partial charge in [0.1, 0.15) is 0 Å². The van der Waals surface area contributed by atoms with E-state index in [-0.39, 0.29) is 11.5 Å². The van der Waals surface area contributed by atoms with Gasteiger partial charge in [0.05, 0.1) is 0 Å². The van der Waals surface area contributed by atoms with Crippen molar-refractivity contribution < 1.29 is 0 Å². The monoisotopic (exact) mass is 281 g/mol. The summed E-state index contributed by atoms with van der Waals surface area (Å²) in [5.41, 5.74) is 11.8. The molecule has 0 aromatic heterocycles. The van der Waals surface area contributed by atoms with E-state index in [0.717, 1.165) is 12.8 Å². The van der Waals surface area contributed by atoms with Crippen LogP contribution in [0.4, 0.5) is 0 Å². The molecule has 0 aliphatic rings. The molecule has 2 N–H and O–H groups in total. The number of hydrogen-bond acceptors (Lipinski definition) is 1. The van der Waals surface area contributed by atoms with Crippen LogP contribution >= 0.6 is 0 Å². The maximum atomic E-state index is 6.36. The van der Waals surface area contributed by atoms with E-state index in [4.69, 9.17) is 5.73 Å². The maximum Gasteiger partial charge on any atom is 0.0335 e. The first kappa shape index (κ1) is 15.8. The van der Waals surface area contributed by atoms with Crippen LogP contribution in [-0.4, -0.2) is 0 Å². The second-order valence-electron chi connectivity index (χ2n) is 6.85. The molecule has 0 radical (unpaired) electrons. The Balaban J connectivity index is 2.07. The Kier molecular flexibility index (Phi) is 4.84. The first-order valence-corrected chi connectivity index (χ1v) is 7.84. The average molecular weight is 281 g/mol. The molecule has 21 heavy (non-hydrogen) atoms. The first-order chi connectivity index (χ1) is 9.90. The Morgan fingerprint density at radius 2 is 1.38 bits per heavy atom. The topological polar surface area (TPSA) is 26.0 Å². The number of rotatable bonds is 4. The molecule has 0 saturated carbocycles. The molecule has 2 rings (SSSR count). The molecule has 1 atom stereocenters. The number of nitrogens with two attached hydrogens (primary N) is 1. The van der Waals surface area contributed by atoms with Gasteiger partial charge in [-0.2, -0.15) is 0 Å². The van der Waals surface area contributed by atoms with Gasteiger partial charge in [0, 0.05) is 6.04 Å². The van der Waals surface area contributed by atoms with Gasteiger partial charge in [0.15, 0.2) is 0 Å². The van der Waals surface area contributed by atoms with E-state index in [2.05, 4.69) is 76.2 Å². The molecule has 2 aromatic rings. The Hall–Kier alpha value is -1.60. The lowest BCUT2D eigenvalue weighted by Crippen LogP contribution is -2.15. The van der Waals surface area contributed by atoms with E-state index in [1.54, 1.807) is 0 Å². The Morgan fingerprint density at radius 3 is 1.86 bits per heavy atom. The minimum Gasteiger partial charge on any atom is -0.324 e. The van der Waals surface area contributed by atoms with Crippen LogP contribution in [0.3, 0.4) is 0 Å². The standard InChI is InChI=1S/C20H27N/c1-5-15-6-8-16(9-7-15)14-19(21)17-10-12-18(13-11-17)20(2,3)4/h6-13,19H,5,14,21H2,1-4H3. The van der Waals surface area contributed by atoms with E-state index in [9.17, 15) is 0 Å². The van der Waals surface area contributed by atoms with Crippen LogP contribution in [0.1, 0.15) is 56.0 Å². The molecule has 2 aromatic carbocycles. The van der Waals surface area contributed by atoms with Crippen molar-refractivity contribution in [3.8, 4) is 0 Å². The summed E-state index contributed by atoms with van der Waals surface area (Å²) >= 11 is 0. The van der Waals surface area contributed by atoms with Gasteiger partial charge in [-0.25, -0.2) is 0 Å². The van der Waals surface area contributed by atoms with Crippen LogP contribution < -0.4 is 5.73 Å². The van der Waals surface area contributed by atoms with Gasteiger partial charge in [-0.1, -0.05) is 76.2 Å². The van der Waals surface area contributed by atoms with Crippen molar-refractivity contribution in [2.75, 3.05) is 0 Å². The second kappa shape index (κ2) is 6.44. The zero-order valence-corrected chi connectivity index (χ0v) is 13.7. The lowest BCUT2D eigenvalue weighted by atomic mass is 9.86. The molecule has 0 bridgehead atoms. The fourth-order valence-electron chi connectivity index (χ4n) is 2.51. The lowest BCUT2D eigenvalue weighted by molar-refractivity contribution is 0.589. The van der Waals surface area contributed by atoms with Crippen molar-refractivity contribution in [2.45, 2.75) is 52.0 Å². The molecule has 0 fully saturated rings. The van der Waals surface area contributed by atoms with Crippen LogP contribution in [0.2, 0.25) is 0 Å². The lowest BCUT2D eigenvalue weighted by Gasteiger charge is -2.20. The van der Waals surface area contributed by atoms with E-state index >= 15 is 0 Å². The molecule has 1 nitrogen and oxygen atoms in total. The Morgan fingerprint density at radius 1 is 0.857 bits per heavy atom. The normalized spacial score (nSPS) is 13.2. The third-order valence-electron chi connectivity index (χ3n) is 4.09. The smallest absolute Gasteiger partial charge is 0.0335 e. The highest BCUT2D eigenvalue weighted by atomic mass is 14.6. The van der Waals surface area contributed by atoms with Crippen LogP contribution in [0.15, 0.2) is 48.5 Å². The van der Waals surface area contributed by atoms with Gasteiger partial charge in [0.2, 0.25) is 0 Å². The zero-order valence-electron chi connectivity index (χ0n) is 13.7. The highest BCUT2D eigenvalue weighted by molar-refractivity contribution is 5.31. The molecule has 0 heterocycles. The maximum absolute atomic E-state index is 6.36. The van der Waals surface area contributed by atoms with Crippen molar-refractivity contribution in [3.63, 3.8) is 0 Å². The SMILES string of the molecule is CCc1ccc(CC(N)c2ccc(C(C)(C)C)cc2)cc1. The van der Waals surface area contributed by atoms with Gasteiger partial charge in [-0.05, 0) is 40.5 Å². The van der Waals surface area contributed by atoms with Crippen LogP contribution in [0, 0.1) is 0 Å². The molecule has 0 saturated heterocycles. The van der Waals surface area contributed by atoms with Crippen molar-refractivity contribution in [3.05, 3.63) is 70.8 Å². The van der Waals surface area contributed by atoms with Crippen LogP contribution in [-0.2, 0) is 18.3 Å². The molecular weight excluding hydrogens is 254 g/mol. The molecule has 1 heteroatoms. The Labute approximate surface area is 129 Å². The highest BCUT2D eigenvalue weighted by Crippen LogP contribution is 2.24. The molecule has 0 spiro atoms. The molecule has 112 valence electrons. The van der Waals surface area contributed by atoms with Crippen molar-refractivity contribution in [2.24, 2.45) is 5.73 Å². The summed E-state index contributed by atoms with van der Waals surface area (Å²) < 4.78 is 0. The summed E-state index contributed by atoms with van der Waals surface area (Å²) in [5, 5.41) is 0. The van der Waals surface area contributed by atoms with Gasteiger partial charge < -0.3 is 5.73 Å². The number of hydrogen-bond donors (Lipinski definition) is 1. The predicted octanol–water partition coefficient (Wildman–Crippen LogP) is 4.79. The molecular formula is C20H27N. The van der Waals surface area contributed by atoms with Crippen molar-refractivity contribution >= 4 is 0 Å². The van der Waals surface area contributed by atoms with Gasteiger partial charge in [-0.3, -0.25) is 0 Å². The summed E-state index contributed by atoms with van der Waals surface area (Å²) in [5.74, 6) is 0. The predicted molar refractivity (Wildman–Crippen MR) is 91.6 cm³/mol. The molecule has 1 unspecified atom stereocenters. The minimum atomic E-state index is 0.0616. The van der Waals surface area contributed by atoms with Crippen molar-refractivity contribution in [1.82, 2.24) is 0 Å². The third kappa shape index (κ3) is 4.18. The van der Waals surface area contributed by atoms with E-state index in [1.807, 2.05) is 0 Å². The van der Waals surface area contributed by atoms with E-state index in [1.165, 1.54) is 22.3 Å². The van der Waals surface area contributed by atoms with Gasteiger partial charge in [0.25, 0.3) is 0 Å². The Bertz CT molecular complexity index is 558. The average Bonchev–Trinajstić information content (AvgIpc) is 2.47. The summed E-state index contributed by atoms with van der Waals surface area (Å²) in [6, 6.07) is 17.6. The fourth-order valence-corrected chi connectivity index (χ4v) is 2.51.